The molecule has 1 aromatic heterocycles. The van der Waals surface area contributed by atoms with Crippen LogP contribution >= 0.6 is 0 Å². The number of hydrogen-bond acceptors (Lipinski definition) is 6. The number of nitrogens with one attached hydrogen (secondary N) is 1. The maximum Gasteiger partial charge on any atom is 0.253 e. The van der Waals surface area contributed by atoms with Gasteiger partial charge in [-0.2, -0.15) is 9.54 Å². The number of anilines is 2. The lowest BCUT2D eigenvalue weighted by Gasteiger charge is -2.62. The lowest BCUT2D eigenvalue weighted by atomic mass is 9.50. The Morgan fingerprint density at radius 1 is 1.18 bits per heavy atom. The minimum absolute atomic E-state index is 0.0452. The molecule has 1 saturated heterocycles. The average molecular weight is 401 g/mol. The molecule has 1 atom stereocenters. The van der Waals surface area contributed by atoms with E-state index in [1.807, 2.05) is 0 Å². The van der Waals surface area contributed by atoms with Gasteiger partial charge in [0.15, 0.2) is 22.7 Å². The molecule has 6 nitrogen and oxygen atoms in total. The molecule has 3 saturated carbocycles. The van der Waals surface area contributed by atoms with Crippen molar-refractivity contribution in [3.63, 3.8) is 0 Å². The fourth-order valence-electron chi connectivity index (χ4n) is 4.69. The van der Waals surface area contributed by atoms with Crippen LogP contribution in [-0.4, -0.2) is 45.0 Å². The summed E-state index contributed by atoms with van der Waals surface area (Å²) in [5.41, 5.74) is 1.19. The van der Waals surface area contributed by atoms with Crippen molar-refractivity contribution in [2.75, 3.05) is 29.1 Å². The summed E-state index contributed by atoms with van der Waals surface area (Å²) in [7, 11) is 0. The summed E-state index contributed by atoms with van der Waals surface area (Å²) >= 11 is -0.757. The van der Waals surface area contributed by atoms with Crippen LogP contribution in [0.25, 0.3) is 0 Å². The highest BCUT2D eigenvalue weighted by atomic mass is 32.2. The molecule has 0 radical (unpaired) electrons. The molecule has 28 heavy (non-hydrogen) atoms. The van der Waals surface area contributed by atoms with E-state index >= 15 is 0 Å². The van der Waals surface area contributed by atoms with Crippen LogP contribution in [0.15, 0.2) is 29.2 Å². The first-order valence-electron chi connectivity index (χ1n) is 9.83. The van der Waals surface area contributed by atoms with E-state index in [1.54, 1.807) is 12.1 Å². The van der Waals surface area contributed by atoms with E-state index in [2.05, 4.69) is 10.2 Å². The van der Waals surface area contributed by atoms with Crippen LogP contribution in [0.2, 0.25) is 0 Å². The van der Waals surface area contributed by atoms with Crippen molar-refractivity contribution in [3.8, 4) is 5.75 Å². The summed E-state index contributed by atoms with van der Waals surface area (Å²) in [6.07, 6.45) is 4.51. The number of aromatic nitrogens is 2. The van der Waals surface area contributed by atoms with Crippen molar-refractivity contribution in [1.29, 1.82) is 0 Å². The van der Waals surface area contributed by atoms with Crippen molar-refractivity contribution in [2.24, 2.45) is 5.92 Å². The fraction of sp³-hybridized carbons (Fsp3) is 0.500. The lowest BCUT2D eigenvalue weighted by Crippen LogP contribution is -2.63. The van der Waals surface area contributed by atoms with Gasteiger partial charge in [-0.1, -0.05) is 0 Å². The van der Waals surface area contributed by atoms with Gasteiger partial charge in [0.2, 0.25) is 5.95 Å². The number of fused-ring (bicyclic) bond motifs is 1. The Hall–Kier alpha value is -2.06. The molecule has 8 heteroatoms. The molecule has 2 N–H and O–H groups in total. The second-order valence-electron chi connectivity index (χ2n) is 8.45. The van der Waals surface area contributed by atoms with Gasteiger partial charge in [-0.25, -0.2) is 9.37 Å². The van der Waals surface area contributed by atoms with E-state index in [1.165, 1.54) is 31.4 Å². The standard InChI is InChI=1S/C20H22FN4O2S/c21-13-1-3-14(4-2-13)27-15-10-25(11-15)19-22-16-5-6-28(26)17(16)18(23-19)24-20-7-12(8-20)9-20/h1-4,12,15,26H,5-11H2,(H,22,23,24)/q+1. The number of benzene rings is 1. The van der Waals surface area contributed by atoms with Crippen molar-refractivity contribution in [3.05, 3.63) is 35.8 Å². The molecule has 4 fully saturated rings. The second-order valence-corrected chi connectivity index (χ2v) is 10.00. The van der Waals surface area contributed by atoms with Crippen LogP contribution in [0.1, 0.15) is 25.0 Å². The zero-order valence-electron chi connectivity index (χ0n) is 15.4. The third-order valence-electron chi connectivity index (χ3n) is 6.36. The largest absolute Gasteiger partial charge is 0.487 e. The Labute approximate surface area is 165 Å². The van der Waals surface area contributed by atoms with E-state index in [0.29, 0.717) is 24.8 Å². The van der Waals surface area contributed by atoms with Crippen molar-refractivity contribution < 1.29 is 13.7 Å². The van der Waals surface area contributed by atoms with E-state index in [4.69, 9.17) is 14.7 Å². The molecule has 2 aliphatic heterocycles. The van der Waals surface area contributed by atoms with E-state index in [-0.39, 0.29) is 17.5 Å². The number of hydrogen-bond donors (Lipinski definition) is 2. The fourth-order valence-corrected chi connectivity index (χ4v) is 6.02. The first-order valence-corrected chi connectivity index (χ1v) is 11.2. The van der Waals surface area contributed by atoms with Gasteiger partial charge in [0.05, 0.1) is 13.1 Å². The van der Waals surface area contributed by atoms with Gasteiger partial charge in [0.25, 0.3) is 4.90 Å². The van der Waals surface area contributed by atoms with Crippen LogP contribution in [0.3, 0.4) is 0 Å². The van der Waals surface area contributed by atoms with E-state index in [0.717, 1.165) is 34.5 Å². The first kappa shape index (κ1) is 16.9. The molecule has 1 unspecified atom stereocenters. The summed E-state index contributed by atoms with van der Waals surface area (Å²) in [5, 5.41) is 3.65. The summed E-state index contributed by atoms with van der Waals surface area (Å²) in [4.78, 5) is 12.6. The third-order valence-corrected chi connectivity index (χ3v) is 7.85. The molecule has 1 aromatic carbocycles. The lowest BCUT2D eigenvalue weighted by molar-refractivity contribution is 0.00157. The van der Waals surface area contributed by atoms with Gasteiger partial charge in [0, 0.05) is 12.0 Å². The maximum atomic E-state index is 13.0. The average Bonchev–Trinajstić information content (AvgIpc) is 2.95. The molecule has 3 heterocycles. The Kier molecular flexibility index (Phi) is 3.59. The van der Waals surface area contributed by atoms with Gasteiger partial charge >= 0.3 is 0 Å². The number of aryl methyl sites for hydroxylation is 1. The van der Waals surface area contributed by atoms with Gasteiger partial charge in [-0.3, -0.25) is 0 Å². The molecule has 146 valence electrons. The van der Waals surface area contributed by atoms with Gasteiger partial charge in [-0.05, 0) is 49.4 Å². The number of nitrogens with zero attached hydrogens (tertiary/aromatic N) is 3. The molecule has 7 rings (SSSR count). The zero-order chi connectivity index (χ0) is 18.9. The quantitative estimate of drug-likeness (QED) is 0.751. The molecule has 0 amide bonds. The SMILES string of the molecule is O[S+]1CCc2nc(N3CC(Oc4ccc(F)cc4)C3)nc(NC34CC(C3)C4)c21. The molecular weight excluding hydrogens is 379 g/mol. The summed E-state index contributed by atoms with van der Waals surface area (Å²) in [5.74, 6) is 3.59. The highest BCUT2D eigenvalue weighted by molar-refractivity contribution is 7.92. The van der Waals surface area contributed by atoms with Crippen molar-refractivity contribution >= 4 is 22.9 Å². The zero-order valence-corrected chi connectivity index (χ0v) is 16.2. The third kappa shape index (κ3) is 2.65. The van der Waals surface area contributed by atoms with E-state index in [9.17, 15) is 8.94 Å². The molecule has 0 spiro atoms. The minimum atomic E-state index is -0.757. The number of ether oxygens (including phenoxy) is 1. The highest BCUT2D eigenvalue weighted by Gasteiger charge is 2.57. The topological polar surface area (TPSA) is 70.5 Å². The summed E-state index contributed by atoms with van der Waals surface area (Å²) < 4.78 is 29.4. The second kappa shape index (κ2) is 5.97. The Morgan fingerprint density at radius 2 is 1.93 bits per heavy atom. The van der Waals surface area contributed by atoms with Crippen LogP contribution in [0, 0.1) is 11.7 Å². The molecule has 2 bridgehead atoms. The first-order chi connectivity index (χ1) is 13.6. The Balaban J connectivity index is 1.19. The monoisotopic (exact) mass is 401 g/mol. The van der Waals surface area contributed by atoms with Crippen LogP contribution in [-0.2, 0) is 17.6 Å². The molecular formula is C20H22FN4O2S+. The predicted molar refractivity (Wildman–Crippen MR) is 106 cm³/mol. The van der Waals surface area contributed by atoms with E-state index < -0.39 is 11.2 Å². The Bertz CT molecular complexity index is 918. The van der Waals surface area contributed by atoms with Gasteiger partial charge in [0.1, 0.15) is 23.4 Å². The minimum Gasteiger partial charge on any atom is -0.487 e. The molecule has 5 aliphatic rings. The van der Waals surface area contributed by atoms with Crippen LogP contribution in [0.5, 0.6) is 5.75 Å². The maximum absolute atomic E-state index is 13.0. The molecule has 2 aromatic rings. The molecule has 3 aliphatic carbocycles. The van der Waals surface area contributed by atoms with Crippen LogP contribution in [0.4, 0.5) is 16.2 Å². The summed E-state index contributed by atoms with van der Waals surface area (Å²) in [6.45, 7) is 1.40. The van der Waals surface area contributed by atoms with Crippen LogP contribution < -0.4 is 15.0 Å². The Morgan fingerprint density at radius 3 is 2.61 bits per heavy atom. The normalized spacial score (nSPS) is 30.1. The van der Waals surface area contributed by atoms with Gasteiger partial charge in [-0.15, -0.1) is 0 Å². The van der Waals surface area contributed by atoms with Crippen molar-refractivity contribution in [1.82, 2.24) is 9.97 Å². The highest BCUT2D eigenvalue weighted by Crippen LogP contribution is 2.59. The number of halogens is 1. The smallest absolute Gasteiger partial charge is 0.253 e. The number of rotatable bonds is 5. The van der Waals surface area contributed by atoms with Crippen molar-refractivity contribution in [2.45, 2.75) is 42.2 Å². The van der Waals surface area contributed by atoms with Gasteiger partial charge < -0.3 is 15.0 Å². The summed E-state index contributed by atoms with van der Waals surface area (Å²) in [6, 6.07) is 6.12. The predicted octanol–water partition coefficient (Wildman–Crippen LogP) is 2.85.